The third kappa shape index (κ3) is 6.30. The van der Waals surface area contributed by atoms with Crippen LogP contribution in [0.3, 0.4) is 0 Å². The van der Waals surface area contributed by atoms with E-state index in [9.17, 15) is 13.6 Å². The second kappa shape index (κ2) is 9.81. The molecular formula is C23H25F2N3O4. The number of hydrogen-bond acceptors (Lipinski definition) is 6. The average molecular weight is 445 g/mol. The van der Waals surface area contributed by atoms with Crippen molar-refractivity contribution in [1.29, 1.82) is 5.26 Å². The topological polar surface area (TPSA) is 84.7 Å². The molecule has 0 saturated carbocycles. The highest BCUT2D eigenvalue weighted by Crippen LogP contribution is 2.23. The molecule has 1 amide bonds. The van der Waals surface area contributed by atoms with Crippen molar-refractivity contribution in [3.05, 3.63) is 53.2 Å². The molecule has 0 radical (unpaired) electrons. The van der Waals surface area contributed by atoms with E-state index < -0.39 is 17.2 Å². The van der Waals surface area contributed by atoms with E-state index >= 15 is 0 Å². The number of rotatable bonds is 5. The van der Waals surface area contributed by atoms with E-state index in [0.29, 0.717) is 25.9 Å². The summed E-state index contributed by atoms with van der Waals surface area (Å²) in [6.07, 6.45) is 0.628. The van der Waals surface area contributed by atoms with E-state index in [-0.39, 0.29) is 41.7 Å². The maximum absolute atomic E-state index is 14.2. The largest absolute Gasteiger partial charge is 0.484 e. The van der Waals surface area contributed by atoms with Gasteiger partial charge in [-0.2, -0.15) is 5.26 Å². The van der Waals surface area contributed by atoms with Crippen LogP contribution in [0.2, 0.25) is 0 Å². The van der Waals surface area contributed by atoms with Crippen LogP contribution in [-0.2, 0) is 11.3 Å². The predicted octanol–water partition coefficient (Wildman–Crippen LogP) is 4.59. The fraction of sp³-hybridized carbons (Fsp3) is 0.435. The summed E-state index contributed by atoms with van der Waals surface area (Å²) < 4.78 is 44.7. The minimum absolute atomic E-state index is 0.0301. The van der Waals surface area contributed by atoms with E-state index in [0.717, 1.165) is 6.07 Å². The first-order valence-corrected chi connectivity index (χ1v) is 10.3. The number of likely N-dealkylation sites (tertiary alicyclic amines) is 1. The molecule has 1 aromatic carbocycles. The number of aromatic nitrogens is 1. The Morgan fingerprint density at radius 3 is 2.53 bits per heavy atom. The minimum Gasteiger partial charge on any atom is -0.484 e. The second-order valence-corrected chi connectivity index (χ2v) is 8.41. The third-order valence-electron chi connectivity index (χ3n) is 4.70. The number of nitrogens with zero attached hydrogens (tertiary/aromatic N) is 3. The number of benzene rings is 1. The molecule has 0 spiro atoms. The fourth-order valence-electron chi connectivity index (χ4n) is 3.12. The molecule has 1 aliphatic heterocycles. The number of carbonyl (C=O) groups is 1. The molecule has 1 saturated heterocycles. The molecule has 3 rings (SSSR count). The lowest BCUT2D eigenvalue weighted by atomic mass is 10.1. The molecular weight excluding hydrogens is 420 g/mol. The summed E-state index contributed by atoms with van der Waals surface area (Å²) in [5.74, 6) is -1.20. The van der Waals surface area contributed by atoms with Crippen molar-refractivity contribution in [1.82, 2.24) is 9.88 Å². The Kier molecular flexibility index (Phi) is 7.13. The lowest BCUT2D eigenvalue weighted by Crippen LogP contribution is -2.44. The molecule has 32 heavy (non-hydrogen) atoms. The quantitative estimate of drug-likeness (QED) is 0.669. The third-order valence-corrected chi connectivity index (χ3v) is 4.70. The first-order valence-electron chi connectivity index (χ1n) is 10.3. The summed E-state index contributed by atoms with van der Waals surface area (Å²) in [5.41, 5.74) is -0.425. The number of carbonyl (C=O) groups excluding carboxylic acids is 1. The van der Waals surface area contributed by atoms with E-state index in [2.05, 4.69) is 4.98 Å². The Morgan fingerprint density at radius 2 is 1.91 bits per heavy atom. The molecule has 1 aliphatic rings. The van der Waals surface area contributed by atoms with Crippen LogP contribution in [0.15, 0.2) is 30.3 Å². The SMILES string of the molecule is CC(C)(C)OC(=O)N1CCC(Oc2ccc(F)c(COc3ccc(C#N)cc3F)n2)CC1. The van der Waals surface area contributed by atoms with E-state index in [1.165, 1.54) is 24.3 Å². The molecule has 7 nitrogen and oxygen atoms in total. The normalized spacial score (nSPS) is 14.6. The number of halogens is 2. The van der Waals surface area contributed by atoms with Crippen molar-refractivity contribution < 1.29 is 27.8 Å². The van der Waals surface area contributed by atoms with Gasteiger partial charge in [0.1, 0.15) is 29.8 Å². The molecule has 170 valence electrons. The first-order chi connectivity index (χ1) is 15.1. The van der Waals surface area contributed by atoms with Gasteiger partial charge in [0.05, 0.1) is 11.6 Å². The van der Waals surface area contributed by atoms with Crippen molar-refractivity contribution in [3.8, 4) is 17.7 Å². The van der Waals surface area contributed by atoms with Crippen molar-refractivity contribution in [2.45, 2.75) is 51.9 Å². The molecule has 1 aromatic heterocycles. The number of amides is 1. The fourth-order valence-corrected chi connectivity index (χ4v) is 3.12. The van der Waals surface area contributed by atoms with Crippen LogP contribution < -0.4 is 9.47 Å². The lowest BCUT2D eigenvalue weighted by molar-refractivity contribution is 0.0122. The number of pyridine rings is 1. The van der Waals surface area contributed by atoms with Gasteiger partial charge in [-0.05, 0) is 45.0 Å². The summed E-state index contributed by atoms with van der Waals surface area (Å²) in [7, 11) is 0. The smallest absolute Gasteiger partial charge is 0.410 e. The highest BCUT2D eigenvalue weighted by Gasteiger charge is 2.28. The summed E-state index contributed by atoms with van der Waals surface area (Å²) in [4.78, 5) is 17.9. The van der Waals surface area contributed by atoms with E-state index in [1.807, 2.05) is 26.8 Å². The number of nitriles is 1. The van der Waals surface area contributed by atoms with Crippen molar-refractivity contribution in [2.24, 2.45) is 0 Å². The Labute approximate surface area is 185 Å². The van der Waals surface area contributed by atoms with Crippen LogP contribution in [0.5, 0.6) is 11.6 Å². The van der Waals surface area contributed by atoms with Crippen molar-refractivity contribution in [2.75, 3.05) is 13.1 Å². The summed E-state index contributed by atoms with van der Waals surface area (Å²) in [5, 5.41) is 8.79. The van der Waals surface area contributed by atoms with Crippen LogP contribution in [-0.4, -0.2) is 40.8 Å². The monoisotopic (exact) mass is 445 g/mol. The predicted molar refractivity (Wildman–Crippen MR) is 111 cm³/mol. The lowest BCUT2D eigenvalue weighted by Gasteiger charge is -2.33. The zero-order valence-corrected chi connectivity index (χ0v) is 18.2. The Bertz CT molecular complexity index is 1010. The maximum atomic E-state index is 14.2. The van der Waals surface area contributed by atoms with Gasteiger partial charge < -0.3 is 19.1 Å². The Hall–Kier alpha value is -3.41. The summed E-state index contributed by atoms with van der Waals surface area (Å²) in [6, 6.07) is 8.22. The molecule has 0 N–H and O–H groups in total. The Morgan fingerprint density at radius 1 is 1.19 bits per heavy atom. The summed E-state index contributed by atoms with van der Waals surface area (Å²) in [6.45, 7) is 6.11. The van der Waals surface area contributed by atoms with Crippen molar-refractivity contribution in [3.63, 3.8) is 0 Å². The van der Waals surface area contributed by atoms with Gasteiger partial charge in [0.25, 0.3) is 0 Å². The van der Waals surface area contributed by atoms with Gasteiger partial charge in [-0.3, -0.25) is 0 Å². The molecule has 1 fully saturated rings. The minimum atomic E-state index is -0.714. The van der Waals surface area contributed by atoms with Gasteiger partial charge in [0.15, 0.2) is 11.6 Å². The maximum Gasteiger partial charge on any atom is 0.410 e. The van der Waals surface area contributed by atoms with Crippen LogP contribution in [0, 0.1) is 23.0 Å². The molecule has 2 aromatic rings. The van der Waals surface area contributed by atoms with Crippen LogP contribution in [0.4, 0.5) is 13.6 Å². The van der Waals surface area contributed by atoms with Gasteiger partial charge in [-0.1, -0.05) is 0 Å². The molecule has 9 heteroatoms. The van der Waals surface area contributed by atoms with Gasteiger partial charge in [0, 0.05) is 32.0 Å². The zero-order chi connectivity index (χ0) is 23.3. The second-order valence-electron chi connectivity index (χ2n) is 8.41. The molecule has 0 unspecified atom stereocenters. The Balaban J connectivity index is 1.56. The number of piperidine rings is 1. The molecule has 0 bridgehead atoms. The molecule has 2 heterocycles. The molecule has 0 aliphatic carbocycles. The van der Waals surface area contributed by atoms with Gasteiger partial charge in [-0.15, -0.1) is 0 Å². The number of ether oxygens (including phenoxy) is 3. The summed E-state index contributed by atoms with van der Waals surface area (Å²) >= 11 is 0. The van der Waals surface area contributed by atoms with Crippen LogP contribution in [0.25, 0.3) is 0 Å². The van der Waals surface area contributed by atoms with Crippen molar-refractivity contribution >= 4 is 6.09 Å². The van der Waals surface area contributed by atoms with E-state index in [4.69, 9.17) is 19.5 Å². The zero-order valence-electron chi connectivity index (χ0n) is 18.2. The first kappa shape index (κ1) is 23.3. The number of hydrogen-bond donors (Lipinski definition) is 0. The highest BCUT2D eigenvalue weighted by molar-refractivity contribution is 5.68. The van der Waals surface area contributed by atoms with Gasteiger partial charge in [-0.25, -0.2) is 18.6 Å². The standard InChI is InChI=1S/C23H25F2N3O4/c1-23(2,3)32-22(29)28-10-8-16(9-11-28)31-21-7-5-17(24)19(27-21)14-30-20-6-4-15(13-26)12-18(20)25/h4-7,12,16H,8-11,14H2,1-3H3. The average Bonchev–Trinajstić information content (AvgIpc) is 2.74. The van der Waals surface area contributed by atoms with Gasteiger partial charge >= 0.3 is 6.09 Å². The van der Waals surface area contributed by atoms with Crippen LogP contribution in [0.1, 0.15) is 44.9 Å². The van der Waals surface area contributed by atoms with Gasteiger partial charge in [0.2, 0.25) is 5.88 Å². The van der Waals surface area contributed by atoms with E-state index in [1.54, 1.807) is 4.90 Å². The van der Waals surface area contributed by atoms with Crippen LogP contribution >= 0.6 is 0 Å². The highest BCUT2D eigenvalue weighted by atomic mass is 19.1. The molecule has 0 atom stereocenters.